The summed E-state index contributed by atoms with van der Waals surface area (Å²) in [6.45, 7) is 7.29. The van der Waals surface area contributed by atoms with Crippen LogP contribution in [0.5, 0.6) is 0 Å². The molecule has 2 heteroatoms. The van der Waals surface area contributed by atoms with Gasteiger partial charge >= 0.3 is 0 Å². The van der Waals surface area contributed by atoms with Crippen LogP contribution in [0, 0.1) is 11.3 Å². The fourth-order valence-corrected chi connectivity index (χ4v) is 3.39. The number of hydrogen-bond acceptors (Lipinski definition) is 2. The molecule has 1 aliphatic heterocycles. The van der Waals surface area contributed by atoms with Crippen LogP contribution >= 0.6 is 0 Å². The van der Waals surface area contributed by atoms with Crippen molar-refractivity contribution < 1.29 is 0 Å². The lowest BCUT2D eigenvalue weighted by Gasteiger charge is -2.56. The molecule has 1 unspecified atom stereocenters. The van der Waals surface area contributed by atoms with E-state index in [1.165, 1.54) is 32.4 Å². The smallest absolute Gasteiger partial charge is 0.0181 e. The minimum atomic E-state index is 0.365. The molecule has 0 amide bonds. The Morgan fingerprint density at radius 3 is 2.36 bits per heavy atom. The first-order chi connectivity index (χ1) is 6.49. The molecule has 2 aliphatic rings. The van der Waals surface area contributed by atoms with Crippen molar-refractivity contribution in [2.24, 2.45) is 11.3 Å². The van der Waals surface area contributed by atoms with Gasteiger partial charge in [0, 0.05) is 12.1 Å². The van der Waals surface area contributed by atoms with Gasteiger partial charge in [-0.2, -0.15) is 0 Å². The second-order valence-corrected chi connectivity index (χ2v) is 5.93. The van der Waals surface area contributed by atoms with Crippen molar-refractivity contribution in [3.05, 3.63) is 0 Å². The van der Waals surface area contributed by atoms with Gasteiger partial charge in [-0.25, -0.2) is 0 Å². The molecule has 0 aromatic rings. The highest BCUT2D eigenvalue weighted by molar-refractivity contribution is 5.08. The Kier molecular flexibility index (Phi) is 2.39. The minimum absolute atomic E-state index is 0.365. The first-order valence-electron chi connectivity index (χ1n) is 5.87. The van der Waals surface area contributed by atoms with Gasteiger partial charge in [-0.15, -0.1) is 0 Å². The molecule has 1 spiro atoms. The van der Waals surface area contributed by atoms with Gasteiger partial charge in [0.2, 0.25) is 0 Å². The molecule has 82 valence electrons. The monoisotopic (exact) mass is 196 g/mol. The molecule has 1 N–H and O–H groups in total. The Bertz CT molecular complexity index is 212. The molecule has 2 fully saturated rings. The third-order valence-electron chi connectivity index (χ3n) is 4.95. The van der Waals surface area contributed by atoms with Crippen LogP contribution in [-0.2, 0) is 0 Å². The van der Waals surface area contributed by atoms with Gasteiger partial charge in [-0.05, 0) is 65.1 Å². The van der Waals surface area contributed by atoms with Gasteiger partial charge in [0.05, 0.1) is 0 Å². The quantitative estimate of drug-likeness (QED) is 0.723. The molecule has 1 heterocycles. The average molecular weight is 196 g/mol. The number of nitrogens with one attached hydrogen (secondary N) is 1. The summed E-state index contributed by atoms with van der Waals surface area (Å²) < 4.78 is 0. The van der Waals surface area contributed by atoms with E-state index in [9.17, 15) is 0 Å². The Hall–Kier alpha value is -0.0800. The van der Waals surface area contributed by atoms with Gasteiger partial charge < -0.3 is 10.2 Å². The van der Waals surface area contributed by atoms with E-state index < -0.39 is 0 Å². The summed E-state index contributed by atoms with van der Waals surface area (Å²) >= 11 is 0. The summed E-state index contributed by atoms with van der Waals surface area (Å²) in [7, 11) is 4.43. The zero-order valence-corrected chi connectivity index (χ0v) is 10.1. The number of rotatable bonds is 2. The van der Waals surface area contributed by atoms with E-state index in [-0.39, 0.29) is 0 Å². The van der Waals surface area contributed by atoms with E-state index in [1.807, 2.05) is 0 Å². The van der Waals surface area contributed by atoms with Crippen molar-refractivity contribution >= 4 is 0 Å². The molecule has 2 rings (SSSR count). The largest absolute Gasteiger partial charge is 0.316 e. The van der Waals surface area contributed by atoms with E-state index in [1.54, 1.807) is 0 Å². The van der Waals surface area contributed by atoms with Crippen LogP contribution in [0.15, 0.2) is 0 Å². The van der Waals surface area contributed by atoms with Crippen LogP contribution in [0.2, 0.25) is 0 Å². The Morgan fingerprint density at radius 1 is 1.29 bits per heavy atom. The van der Waals surface area contributed by atoms with Crippen LogP contribution < -0.4 is 5.32 Å². The fraction of sp³-hybridized carbons (Fsp3) is 1.00. The molecule has 0 aromatic heterocycles. The summed E-state index contributed by atoms with van der Waals surface area (Å²) in [5.74, 6) is 0.889. The summed E-state index contributed by atoms with van der Waals surface area (Å²) in [6, 6.07) is 0. The Balaban J connectivity index is 2.12. The summed E-state index contributed by atoms with van der Waals surface area (Å²) in [5.41, 5.74) is 1.01. The minimum Gasteiger partial charge on any atom is -0.316 e. The summed E-state index contributed by atoms with van der Waals surface area (Å²) in [5, 5.41) is 3.54. The van der Waals surface area contributed by atoms with Crippen molar-refractivity contribution in [1.29, 1.82) is 0 Å². The van der Waals surface area contributed by atoms with Crippen molar-refractivity contribution in [3.63, 3.8) is 0 Å². The maximum atomic E-state index is 3.54. The molecule has 0 radical (unpaired) electrons. The molecule has 0 bridgehead atoms. The Labute approximate surface area is 88.1 Å². The van der Waals surface area contributed by atoms with Gasteiger partial charge in [0.1, 0.15) is 0 Å². The lowest BCUT2D eigenvalue weighted by molar-refractivity contribution is -0.0550. The molecule has 1 aliphatic carbocycles. The van der Waals surface area contributed by atoms with Crippen LogP contribution in [0.4, 0.5) is 0 Å². The topological polar surface area (TPSA) is 15.3 Å². The van der Waals surface area contributed by atoms with E-state index in [4.69, 9.17) is 0 Å². The molecule has 2 atom stereocenters. The molecular formula is C12H24N2. The van der Waals surface area contributed by atoms with Crippen molar-refractivity contribution in [2.75, 3.05) is 27.2 Å². The highest BCUT2D eigenvalue weighted by atomic mass is 15.1. The lowest BCUT2D eigenvalue weighted by Crippen LogP contribution is -2.58. The van der Waals surface area contributed by atoms with E-state index >= 15 is 0 Å². The highest BCUT2D eigenvalue weighted by Gasteiger charge is 2.54. The Morgan fingerprint density at radius 2 is 2.00 bits per heavy atom. The number of nitrogens with zero attached hydrogens (tertiary/aromatic N) is 1. The van der Waals surface area contributed by atoms with E-state index in [0.717, 1.165) is 5.92 Å². The second-order valence-electron chi connectivity index (χ2n) is 5.93. The molecule has 14 heavy (non-hydrogen) atoms. The third kappa shape index (κ3) is 1.31. The van der Waals surface area contributed by atoms with Crippen LogP contribution in [-0.4, -0.2) is 37.6 Å². The van der Waals surface area contributed by atoms with E-state index in [0.29, 0.717) is 11.0 Å². The number of hydrogen-bond donors (Lipinski definition) is 1. The van der Waals surface area contributed by atoms with Crippen molar-refractivity contribution in [3.8, 4) is 0 Å². The summed E-state index contributed by atoms with van der Waals surface area (Å²) in [6.07, 6.45) is 4.27. The highest BCUT2D eigenvalue weighted by Crippen LogP contribution is 2.56. The molecule has 1 saturated carbocycles. The average Bonchev–Trinajstić information content (AvgIpc) is 2.50. The van der Waals surface area contributed by atoms with Crippen molar-refractivity contribution in [1.82, 2.24) is 10.2 Å². The van der Waals surface area contributed by atoms with Crippen molar-refractivity contribution in [2.45, 2.75) is 38.6 Å². The van der Waals surface area contributed by atoms with E-state index in [2.05, 4.69) is 38.2 Å². The predicted octanol–water partition coefficient (Wildman–Crippen LogP) is 1.72. The first kappa shape index (κ1) is 10.4. The van der Waals surface area contributed by atoms with Gasteiger partial charge in [0.15, 0.2) is 0 Å². The zero-order chi connectivity index (χ0) is 10.4. The molecular weight excluding hydrogens is 172 g/mol. The zero-order valence-electron chi connectivity index (χ0n) is 10.1. The van der Waals surface area contributed by atoms with Crippen LogP contribution in [0.1, 0.15) is 33.1 Å². The maximum absolute atomic E-state index is 3.54. The lowest BCUT2D eigenvalue weighted by atomic mass is 9.53. The van der Waals surface area contributed by atoms with Gasteiger partial charge in [-0.1, -0.05) is 0 Å². The molecule has 1 saturated heterocycles. The third-order valence-corrected chi connectivity index (χ3v) is 4.95. The van der Waals surface area contributed by atoms with Crippen LogP contribution in [0.3, 0.4) is 0 Å². The molecule has 2 nitrogen and oxygen atoms in total. The molecule has 0 aromatic carbocycles. The maximum Gasteiger partial charge on any atom is 0.0181 e. The summed E-state index contributed by atoms with van der Waals surface area (Å²) in [4.78, 5) is 2.40. The van der Waals surface area contributed by atoms with Gasteiger partial charge in [-0.3, -0.25) is 0 Å². The standard InChI is InChI=1S/C12H24N2/c1-11(2,14(3)4)10-5-6-12(10)7-8-13-9-12/h10,13H,5-9H2,1-4H3/t10?,12-/m0/s1. The first-order valence-corrected chi connectivity index (χ1v) is 5.87. The SMILES string of the molecule is CN(C)C(C)(C)C1CC[C@@]12CCNC2. The predicted molar refractivity (Wildman–Crippen MR) is 60.4 cm³/mol. The van der Waals surface area contributed by atoms with Crippen LogP contribution in [0.25, 0.3) is 0 Å². The fourth-order valence-electron chi connectivity index (χ4n) is 3.39. The second kappa shape index (κ2) is 3.21. The normalized spacial score (nSPS) is 37.9. The van der Waals surface area contributed by atoms with Gasteiger partial charge in [0.25, 0.3) is 0 Å².